The van der Waals surface area contributed by atoms with E-state index in [-0.39, 0.29) is 12.8 Å². The van der Waals surface area contributed by atoms with Crippen LogP contribution in [0.2, 0.25) is 0 Å². The number of hydrogen-bond donors (Lipinski definition) is 8. The highest BCUT2D eigenvalue weighted by atomic mass is 16.8. The van der Waals surface area contributed by atoms with Gasteiger partial charge in [-0.25, -0.2) is 0 Å². The molecule has 11 heteroatoms. The average molecular weight is 679 g/mol. The predicted molar refractivity (Wildman–Crippen MR) is 179 cm³/mol. The Morgan fingerprint density at radius 3 is 1.30 bits per heavy atom. The van der Waals surface area contributed by atoms with E-state index in [0.29, 0.717) is 12.8 Å². The van der Waals surface area contributed by atoms with Gasteiger partial charge in [-0.2, -0.15) is 0 Å². The van der Waals surface area contributed by atoms with Gasteiger partial charge < -0.3 is 55.1 Å². The summed E-state index contributed by atoms with van der Waals surface area (Å²) in [5.74, 6) is -4.44. The molecule has 280 valence electrons. The lowest BCUT2D eigenvalue weighted by molar-refractivity contribution is -0.461. The van der Waals surface area contributed by atoms with Crippen LogP contribution in [0, 0.1) is 0 Å². The zero-order chi connectivity index (χ0) is 34.8. The Morgan fingerprint density at radius 2 is 0.894 bits per heavy atom. The largest absolute Gasteiger partial charge is 0.394 e. The van der Waals surface area contributed by atoms with Crippen LogP contribution in [0.1, 0.15) is 155 Å². The lowest BCUT2D eigenvalue weighted by atomic mass is 9.74. The second-order valence-electron chi connectivity index (χ2n) is 14.2. The first-order chi connectivity index (χ1) is 22.6. The molecule has 0 aliphatic carbocycles. The zero-order valence-corrected chi connectivity index (χ0v) is 29.4. The average Bonchev–Trinajstić information content (AvgIpc) is 3.31. The number of ether oxygens (including phenoxy) is 3. The monoisotopic (exact) mass is 678 g/mol. The second kappa shape index (κ2) is 22.4. The van der Waals surface area contributed by atoms with E-state index in [1.807, 2.05) is 0 Å². The third kappa shape index (κ3) is 11.8. The molecule has 2 rings (SSSR count). The maximum atomic E-state index is 12.4. The van der Waals surface area contributed by atoms with Gasteiger partial charge in [0.25, 0.3) is 0 Å². The van der Waals surface area contributed by atoms with Crippen LogP contribution < -0.4 is 0 Å². The van der Waals surface area contributed by atoms with E-state index in [4.69, 9.17) is 14.2 Å². The van der Waals surface area contributed by atoms with Gasteiger partial charge in [0.1, 0.15) is 48.8 Å². The van der Waals surface area contributed by atoms with E-state index in [0.717, 1.165) is 51.4 Å². The molecular weight excluding hydrogens is 608 g/mol. The van der Waals surface area contributed by atoms with E-state index < -0.39 is 73.6 Å². The van der Waals surface area contributed by atoms with Crippen molar-refractivity contribution in [3.05, 3.63) is 0 Å². The fourth-order valence-electron chi connectivity index (χ4n) is 7.31. The van der Waals surface area contributed by atoms with Gasteiger partial charge in [0.2, 0.25) is 11.6 Å². The molecule has 0 spiro atoms. The summed E-state index contributed by atoms with van der Waals surface area (Å²) < 4.78 is 18.3. The highest BCUT2D eigenvalue weighted by Crippen LogP contribution is 2.49. The lowest BCUT2D eigenvalue weighted by Gasteiger charge is -2.57. The van der Waals surface area contributed by atoms with Crippen molar-refractivity contribution in [1.82, 2.24) is 0 Å². The number of aliphatic hydroxyl groups is 8. The van der Waals surface area contributed by atoms with Crippen LogP contribution in [-0.4, -0.2) is 114 Å². The standard InChI is InChI=1S/C36H70O11/c1-3-5-7-9-11-13-15-17-19-21-23-34(44)32(42)30(40)29(26-38)46-36(34,24-22-20-18-16-14-12-10-8-6-4-2)47-35(27-39)33(43)31(41)28(25-37)45-35/h28-33,37-44H,3-27H2,1-2H3/t28-,29-,30-,31-,32+,33+,34-,35?,36+/m1/s1. The van der Waals surface area contributed by atoms with Crippen LogP contribution >= 0.6 is 0 Å². The molecule has 0 aromatic carbocycles. The third-order valence-corrected chi connectivity index (χ3v) is 10.4. The molecule has 2 aliphatic rings. The summed E-state index contributed by atoms with van der Waals surface area (Å²) in [7, 11) is 0. The Labute approximate surface area is 283 Å². The first-order valence-electron chi connectivity index (χ1n) is 18.9. The molecule has 2 saturated heterocycles. The van der Waals surface area contributed by atoms with Gasteiger partial charge in [0, 0.05) is 6.42 Å². The van der Waals surface area contributed by atoms with Crippen LogP contribution in [0.15, 0.2) is 0 Å². The highest BCUT2D eigenvalue weighted by Gasteiger charge is 2.68. The zero-order valence-electron chi connectivity index (χ0n) is 29.4. The van der Waals surface area contributed by atoms with Gasteiger partial charge in [-0.15, -0.1) is 0 Å². The molecule has 8 N–H and O–H groups in total. The van der Waals surface area contributed by atoms with E-state index in [1.165, 1.54) is 64.2 Å². The summed E-state index contributed by atoms with van der Waals surface area (Å²) in [6.07, 6.45) is 11.4. The molecule has 2 heterocycles. The number of rotatable bonds is 27. The van der Waals surface area contributed by atoms with Gasteiger partial charge in [0.05, 0.1) is 13.2 Å². The fourth-order valence-corrected chi connectivity index (χ4v) is 7.31. The maximum absolute atomic E-state index is 12.4. The SMILES string of the molecule is CCCCCCCCCCCC[C@@]1(OC2(CO)O[C@H](CO)[C@@H](O)[C@@H]2O)O[C@H](CO)[C@@H](O)[C@H](O)[C@]1(O)CCCCCCCCCCCC. The highest BCUT2D eigenvalue weighted by molar-refractivity contribution is 5.10. The van der Waals surface area contributed by atoms with Crippen LogP contribution in [-0.2, 0) is 14.2 Å². The van der Waals surface area contributed by atoms with Crippen molar-refractivity contribution in [2.75, 3.05) is 19.8 Å². The predicted octanol–water partition coefficient (Wildman–Crippen LogP) is 3.97. The van der Waals surface area contributed by atoms with Gasteiger partial charge in [0.15, 0.2) is 0 Å². The van der Waals surface area contributed by atoms with Gasteiger partial charge in [-0.3, -0.25) is 0 Å². The summed E-state index contributed by atoms with van der Waals surface area (Å²) in [5, 5.41) is 86.7. The fraction of sp³-hybridized carbons (Fsp3) is 1.00. The van der Waals surface area contributed by atoms with E-state index in [1.54, 1.807) is 0 Å². The van der Waals surface area contributed by atoms with Crippen molar-refractivity contribution in [1.29, 1.82) is 0 Å². The topological polar surface area (TPSA) is 190 Å². The lowest BCUT2D eigenvalue weighted by Crippen LogP contribution is -2.76. The molecule has 1 unspecified atom stereocenters. The molecule has 9 atom stereocenters. The molecule has 0 aromatic rings. The molecular formula is C36H70O11. The molecule has 11 nitrogen and oxygen atoms in total. The molecule has 47 heavy (non-hydrogen) atoms. The van der Waals surface area contributed by atoms with E-state index in [2.05, 4.69) is 13.8 Å². The molecule has 0 saturated carbocycles. The van der Waals surface area contributed by atoms with Crippen LogP contribution in [0.5, 0.6) is 0 Å². The summed E-state index contributed by atoms with van der Waals surface area (Å²) in [6.45, 7) is 2.08. The number of aliphatic hydroxyl groups excluding tert-OH is 7. The van der Waals surface area contributed by atoms with Crippen molar-refractivity contribution in [2.24, 2.45) is 0 Å². The Balaban J connectivity index is 2.22. The van der Waals surface area contributed by atoms with Crippen molar-refractivity contribution < 1.29 is 55.1 Å². The van der Waals surface area contributed by atoms with E-state index in [9.17, 15) is 40.9 Å². The first-order valence-corrected chi connectivity index (χ1v) is 18.9. The molecule has 0 amide bonds. The molecule has 0 bridgehead atoms. The third-order valence-electron chi connectivity index (χ3n) is 10.4. The van der Waals surface area contributed by atoms with Crippen LogP contribution in [0.3, 0.4) is 0 Å². The van der Waals surface area contributed by atoms with Gasteiger partial charge >= 0.3 is 0 Å². The number of hydrogen-bond acceptors (Lipinski definition) is 11. The smallest absolute Gasteiger partial charge is 0.224 e. The quantitative estimate of drug-likeness (QED) is 0.0587. The Bertz CT molecular complexity index is 805. The van der Waals surface area contributed by atoms with Crippen LogP contribution in [0.4, 0.5) is 0 Å². The van der Waals surface area contributed by atoms with Crippen molar-refractivity contribution in [3.8, 4) is 0 Å². The van der Waals surface area contributed by atoms with Crippen molar-refractivity contribution >= 4 is 0 Å². The number of unbranched alkanes of at least 4 members (excludes halogenated alkanes) is 18. The van der Waals surface area contributed by atoms with Crippen molar-refractivity contribution in [2.45, 2.75) is 209 Å². The minimum absolute atomic E-state index is 0.00421. The summed E-state index contributed by atoms with van der Waals surface area (Å²) in [4.78, 5) is 0. The molecule has 2 fully saturated rings. The van der Waals surface area contributed by atoms with Gasteiger partial charge in [-0.05, 0) is 12.8 Å². The van der Waals surface area contributed by atoms with Crippen LogP contribution in [0.25, 0.3) is 0 Å². The first kappa shape index (κ1) is 42.7. The summed E-state index contributed by atoms with van der Waals surface area (Å²) in [6, 6.07) is 0. The maximum Gasteiger partial charge on any atom is 0.224 e. The van der Waals surface area contributed by atoms with E-state index >= 15 is 0 Å². The van der Waals surface area contributed by atoms with Gasteiger partial charge in [-0.1, -0.05) is 136 Å². The van der Waals surface area contributed by atoms with Crippen molar-refractivity contribution in [3.63, 3.8) is 0 Å². The second-order valence-corrected chi connectivity index (χ2v) is 14.2. The minimum atomic E-state index is -2.31. The minimum Gasteiger partial charge on any atom is -0.394 e. The Kier molecular flexibility index (Phi) is 20.4. The summed E-state index contributed by atoms with van der Waals surface area (Å²) in [5.41, 5.74) is -2.22. The molecule has 0 aromatic heterocycles. The molecule has 2 aliphatic heterocycles. The Hall–Kier alpha value is -0.440. The summed E-state index contributed by atoms with van der Waals surface area (Å²) >= 11 is 0. The Morgan fingerprint density at radius 1 is 0.511 bits per heavy atom. The molecule has 0 radical (unpaired) electrons. The normalized spacial score (nSPS) is 34.3.